The lowest BCUT2D eigenvalue weighted by molar-refractivity contribution is -0.133. The Bertz CT molecular complexity index is 408. The van der Waals surface area contributed by atoms with Crippen LogP contribution in [0.1, 0.15) is 5.56 Å². The van der Waals surface area contributed by atoms with Gasteiger partial charge in [0.15, 0.2) is 6.79 Å². The number of ether oxygens (including phenoxy) is 3. The molecular formula is C13H16O5. The van der Waals surface area contributed by atoms with Crippen LogP contribution in [0.5, 0.6) is 5.75 Å². The highest BCUT2D eigenvalue weighted by Crippen LogP contribution is 2.14. The Labute approximate surface area is 106 Å². The quantitative estimate of drug-likeness (QED) is 0.592. The lowest BCUT2D eigenvalue weighted by Gasteiger charge is -2.05. The molecule has 0 atom stereocenters. The van der Waals surface area contributed by atoms with Crippen molar-refractivity contribution < 1.29 is 24.1 Å². The van der Waals surface area contributed by atoms with Crippen LogP contribution in [-0.4, -0.2) is 38.7 Å². The predicted octanol–water partition coefficient (Wildman–Crippen LogP) is 1.78. The highest BCUT2D eigenvalue weighted by atomic mass is 16.7. The lowest BCUT2D eigenvalue weighted by Crippen LogP contribution is -2.06. The smallest absolute Gasteiger partial charge is 0.333 e. The highest BCUT2D eigenvalue weighted by Gasteiger charge is 2.06. The molecule has 0 saturated heterocycles. The Kier molecular flexibility index (Phi) is 5.90. The number of carbonyl (C=O) groups is 1. The molecule has 0 aromatic heterocycles. The molecule has 0 bridgehead atoms. The van der Waals surface area contributed by atoms with Crippen LogP contribution in [-0.2, 0) is 14.3 Å². The van der Waals surface area contributed by atoms with Crippen LogP contribution >= 0.6 is 0 Å². The van der Waals surface area contributed by atoms with E-state index in [-0.39, 0.29) is 19.0 Å². The van der Waals surface area contributed by atoms with E-state index >= 15 is 0 Å². The molecule has 0 amide bonds. The van der Waals surface area contributed by atoms with Crippen molar-refractivity contribution in [1.82, 2.24) is 0 Å². The summed E-state index contributed by atoms with van der Waals surface area (Å²) in [7, 11) is 3.00. The first-order valence-corrected chi connectivity index (χ1v) is 5.32. The second kappa shape index (κ2) is 7.47. The van der Waals surface area contributed by atoms with Gasteiger partial charge in [-0.1, -0.05) is 12.1 Å². The molecule has 0 saturated carbocycles. The molecule has 1 aromatic carbocycles. The lowest BCUT2D eigenvalue weighted by atomic mass is 10.1. The molecule has 1 N–H and O–H groups in total. The Hall–Kier alpha value is -1.85. The maximum atomic E-state index is 10.9. The minimum Gasteiger partial charge on any atom is -0.478 e. The van der Waals surface area contributed by atoms with E-state index in [2.05, 4.69) is 0 Å². The topological polar surface area (TPSA) is 65.0 Å². The van der Waals surface area contributed by atoms with E-state index in [1.165, 1.54) is 7.11 Å². The van der Waals surface area contributed by atoms with Crippen molar-refractivity contribution in [3.05, 3.63) is 35.4 Å². The predicted molar refractivity (Wildman–Crippen MR) is 66.4 cm³/mol. The summed E-state index contributed by atoms with van der Waals surface area (Å²) < 4.78 is 14.8. The molecule has 1 rings (SSSR count). The van der Waals surface area contributed by atoms with Gasteiger partial charge in [0.2, 0.25) is 0 Å². The molecule has 0 fully saturated rings. The molecule has 0 aliphatic carbocycles. The summed E-state index contributed by atoms with van der Waals surface area (Å²) in [6.07, 6.45) is 1.56. The Morgan fingerprint density at radius 3 is 2.39 bits per heavy atom. The Morgan fingerprint density at radius 2 is 1.89 bits per heavy atom. The first kappa shape index (κ1) is 14.2. The Balaban J connectivity index is 2.77. The van der Waals surface area contributed by atoms with Crippen molar-refractivity contribution >= 4 is 12.0 Å². The summed E-state index contributed by atoms with van der Waals surface area (Å²) in [5, 5.41) is 8.95. The van der Waals surface area contributed by atoms with Crippen LogP contribution in [0, 0.1) is 0 Å². The monoisotopic (exact) mass is 252 g/mol. The maximum absolute atomic E-state index is 10.9. The molecule has 0 radical (unpaired) electrons. The molecule has 0 heterocycles. The van der Waals surface area contributed by atoms with Crippen molar-refractivity contribution in [2.24, 2.45) is 0 Å². The standard InChI is InChI=1S/C13H16O5/c1-16-8-11(13(14)15)7-10-3-5-12(6-4-10)18-9-17-2/h3-7H,8-9H2,1-2H3,(H,14,15). The third-order valence-electron chi connectivity index (χ3n) is 2.14. The second-order valence-corrected chi connectivity index (χ2v) is 3.53. The molecular weight excluding hydrogens is 236 g/mol. The zero-order valence-electron chi connectivity index (χ0n) is 10.4. The molecule has 98 valence electrons. The fraction of sp³-hybridized carbons (Fsp3) is 0.308. The summed E-state index contributed by atoms with van der Waals surface area (Å²) in [5.41, 5.74) is 0.970. The average molecular weight is 252 g/mol. The summed E-state index contributed by atoms with van der Waals surface area (Å²) in [6, 6.07) is 7.03. The van der Waals surface area contributed by atoms with Crippen LogP contribution in [0.25, 0.3) is 6.08 Å². The SMILES string of the molecule is COCOc1ccc(C=C(COC)C(=O)O)cc1. The molecule has 1 aromatic rings. The summed E-state index contributed by atoms with van der Waals surface area (Å²) >= 11 is 0. The van der Waals surface area contributed by atoms with E-state index in [0.29, 0.717) is 5.75 Å². The molecule has 0 unspecified atom stereocenters. The van der Waals surface area contributed by atoms with Gasteiger partial charge in [0.1, 0.15) is 5.75 Å². The minimum absolute atomic E-state index is 0.0667. The number of benzene rings is 1. The normalized spacial score (nSPS) is 11.3. The van der Waals surface area contributed by atoms with Gasteiger partial charge in [-0.2, -0.15) is 0 Å². The van der Waals surface area contributed by atoms with Gasteiger partial charge < -0.3 is 19.3 Å². The maximum Gasteiger partial charge on any atom is 0.333 e. The van der Waals surface area contributed by atoms with Gasteiger partial charge in [0.25, 0.3) is 0 Å². The average Bonchev–Trinajstić information content (AvgIpc) is 2.37. The molecule has 0 aliphatic rings. The fourth-order valence-electron chi connectivity index (χ4n) is 1.31. The minimum atomic E-state index is -0.989. The third-order valence-corrected chi connectivity index (χ3v) is 2.14. The van der Waals surface area contributed by atoms with Crippen LogP contribution in [0.3, 0.4) is 0 Å². The molecule has 5 heteroatoms. The van der Waals surface area contributed by atoms with Crippen molar-refractivity contribution in [2.45, 2.75) is 0 Å². The van der Waals surface area contributed by atoms with Crippen molar-refractivity contribution in [1.29, 1.82) is 0 Å². The second-order valence-electron chi connectivity index (χ2n) is 3.53. The summed E-state index contributed by atoms with van der Waals surface area (Å²) in [5.74, 6) is -0.325. The van der Waals surface area contributed by atoms with Crippen molar-refractivity contribution in [3.63, 3.8) is 0 Å². The van der Waals surface area contributed by atoms with E-state index < -0.39 is 5.97 Å². The first-order chi connectivity index (χ1) is 8.67. The van der Waals surface area contributed by atoms with Crippen LogP contribution in [0.15, 0.2) is 29.8 Å². The van der Waals surface area contributed by atoms with E-state index in [4.69, 9.17) is 19.3 Å². The number of hydrogen-bond acceptors (Lipinski definition) is 4. The van der Waals surface area contributed by atoms with Crippen LogP contribution in [0.4, 0.5) is 0 Å². The van der Waals surface area contributed by atoms with E-state index in [9.17, 15) is 4.79 Å². The van der Waals surface area contributed by atoms with Gasteiger partial charge in [-0.3, -0.25) is 0 Å². The van der Waals surface area contributed by atoms with Gasteiger partial charge >= 0.3 is 5.97 Å². The van der Waals surface area contributed by atoms with Gasteiger partial charge in [0, 0.05) is 14.2 Å². The zero-order valence-corrected chi connectivity index (χ0v) is 10.4. The number of carboxylic acid groups (broad SMARTS) is 1. The van der Waals surface area contributed by atoms with E-state index in [0.717, 1.165) is 5.56 Å². The number of rotatable bonds is 7. The summed E-state index contributed by atoms with van der Waals surface area (Å²) in [4.78, 5) is 10.9. The number of carboxylic acids is 1. The number of methoxy groups -OCH3 is 2. The van der Waals surface area contributed by atoms with Crippen molar-refractivity contribution in [3.8, 4) is 5.75 Å². The number of aliphatic carboxylic acids is 1. The van der Waals surface area contributed by atoms with Crippen LogP contribution < -0.4 is 4.74 Å². The van der Waals surface area contributed by atoms with Crippen molar-refractivity contribution in [2.75, 3.05) is 27.6 Å². The Morgan fingerprint density at radius 1 is 1.22 bits per heavy atom. The van der Waals surface area contributed by atoms with E-state index in [1.54, 1.807) is 37.5 Å². The molecule has 0 aliphatic heterocycles. The highest BCUT2D eigenvalue weighted by molar-refractivity contribution is 5.92. The fourth-order valence-corrected chi connectivity index (χ4v) is 1.31. The zero-order chi connectivity index (χ0) is 13.4. The summed E-state index contributed by atoms with van der Waals surface area (Å²) in [6.45, 7) is 0.247. The molecule has 18 heavy (non-hydrogen) atoms. The van der Waals surface area contributed by atoms with E-state index in [1.807, 2.05) is 0 Å². The number of hydrogen-bond donors (Lipinski definition) is 1. The molecule has 0 spiro atoms. The first-order valence-electron chi connectivity index (χ1n) is 5.32. The molecule has 5 nitrogen and oxygen atoms in total. The largest absolute Gasteiger partial charge is 0.478 e. The van der Waals surface area contributed by atoms with Gasteiger partial charge in [0.05, 0.1) is 12.2 Å². The van der Waals surface area contributed by atoms with Gasteiger partial charge in [-0.25, -0.2) is 4.79 Å². The third kappa shape index (κ3) is 4.57. The van der Waals surface area contributed by atoms with Gasteiger partial charge in [-0.05, 0) is 23.8 Å². The van der Waals surface area contributed by atoms with Crippen LogP contribution in [0.2, 0.25) is 0 Å². The van der Waals surface area contributed by atoms with Gasteiger partial charge in [-0.15, -0.1) is 0 Å².